The highest BCUT2D eigenvalue weighted by Crippen LogP contribution is 2.22. The number of aryl methyl sites for hydroxylation is 1. The molecule has 0 unspecified atom stereocenters. The fourth-order valence-electron chi connectivity index (χ4n) is 3.02. The molecular weight excluding hydrogens is 304 g/mol. The summed E-state index contributed by atoms with van der Waals surface area (Å²) in [4.78, 5) is 16.4. The number of furan rings is 1. The highest BCUT2D eigenvalue weighted by molar-refractivity contribution is 5.76. The molecule has 5 heteroatoms. The molecule has 0 saturated carbocycles. The average molecular weight is 328 g/mol. The Bertz CT molecular complexity index is 646. The van der Waals surface area contributed by atoms with Gasteiger partial charge in [0.05, 0.1) is 6.61 Å². The van der Waals surface area contributed by atoms with Crippen molar-refractivity contribution in [1.29, 1.82) is 0 Å². The quantitative estimate of drug-likeness (QED) is 0.881. The molecule has 1 aromatic heterocycles. The highest BCUT2D eigenvalue weighted by atomic mass is 16.3. The maximum atomic E-state index is 12.3. The molecule has 2 aromatic rings. The van der Waals surface area contributed by atoms with E-state index in [0.717, 1.165) is 43.3 Å². The molecule has 3 rings (SSSR count). The van der Waals surface area contributed by atoms with Gasteiger partial charge in [0.2, 0.25) is 5.91 Å². The summed E-state index contributed by atoms with van der Waals surface area (Å²) in [6, 6.07) is 13.9. The second kappa shape index (κ2) is 8.13. The Morgan fingerprint density at radius 2 is 1.79 bits per heavy atom. The van der Waals surface area contributed by atoms with Crippen molar-refractivity contribution in [2.75, 3.05) is 39.3 Å². The molecular formula is C19H24N2O3. The number of amides is 1. The van der Waals surface area contributed by atoms with Crippen molar-refractivity contribution < 1.29 is 14.3 Å². The van der Waals surface area contributed by atoms with Crippen LogP contribution in [0.3, 0.4) is 0 Å². The third kappa shape index (κ3) is 4.24. The zero-order valence-corrected chi connectivity index (χ0v) is 13.9. The van der Waals surface area contributed by atoms with Crippen LogP contribution < -0.4 is 0 Å². The van der Waals surface area contributed by atoms with Gasteiger partial charge in [-0.2, -0.15) is 0 Å². The fourth-order valence-corrected chi connectivity index (χ4v) is 3.02. The van der Waals surface area contributed by atoms with E-state index in [1.54, 1.807) is 0 Å². The van der Waals surface area contributed by atoms with Crippen molar-refractivity contribution in [2.24, 2.45) is 0 Å². The lowest BCUT2D eigenvalue weighted by atomic mass is 10.2. The van der Waals surface area contributed by atoms with Gasteiger partial charge in [-0.1, -0.05) is 30.3 Å². The molecule has 1 amide bonds. The summed E-state index contributed by atoms with van der Waals surface area (Å²) in [5.74, 6) is 1.87. The topological polar surface area (TPSA) is 56.9 Å². The highest BCUT2D eigenvalue weighted by Gasteiger charge is 2.20. The first kappa shape index (κ1) is 16.7. The number of hydrogen-bond acceptors (Lipinski definition) is 4. The molecule has 1 aliphatic heterocycles. The van der Waals surface area contributed by atoms with Gasteiger partial charge < -0.3 is 14.4 Å². The van der Waals surface area contributed by atoms with Crippen molar-refractivity contribution in [2.45, 2.75) is 12.8 Å². The molecule has 1 aromatic carbocycles. The molecule has 0 radical (unpaired) electrons. The maximum Gasteiger partial charge on any atom is 0.223 e. The summed E-state index contributed by atoms with van der Waals surface area (Å²) < 4.78 is 5.85. The fraction of sp³-hybridized carbons (Fsp3) is 0.421. The van der Waals surface area contributed by atoms with Crippen molar-refractivity contribution >= 4 is 5.91 Å². The van der Waals surface area contributed by atoms with Gasteiger partial charge in [0.1, 0.15) is 11.5 Å². The molecule has 0 aliphatic carbocycles. The SMILES string of the molecule is O=C(CCc1ccc(-c2ccccc2)o1)N1CCN(CCO)CC1. The number of nitrogens with zero attached hydrogens (tertiary/aromatic N) is 2. The molecule has 0 spiro atoms. The number of aliphatic hydroxyl groups is 1. The second-order valence-corrected chi connectivity index (χ2v) is 6.08. The van der Waals surface area contributed by atoms with E-state index in [1.807, 2.05) is 47.4 Å². The summed E-state index contributed by atoms with van der Waals surface area (Å²) in [5.41, 5.74) is 1.05. The van der Waals surface area contributed by atoms with E-state index in [1.165, 1.54) is 0 Å². The smallest absolute Gasteiger partial charge is 0.223 e. The summed E-state index contributed by atoms with van der Waals surface area (Å²) in [5, 5.41) is 8.96. The van der Waals surface area contributed by atoms with Crippen LogP contribution in [0.5, 0.6) is 0 Å². The number of piperazine rings is 1. The molecule has 0 atom stereocenters. The van der Waals surface area contributed by atoms with Crippen LogP contribution in [0.4, 0.5) is 0 Å². The monoisotopic (exact) mass is 328 g/mol. The summed E-state index contributed by atoms with van der Waals surface area (Å²) in [7, 11) is 0. The van der Waals surface area contributed by atoms with E-state index in [0.29, 0.717) is 19.4 Å². The van der Waals surface area contributed by atoms with Gasteiger partial charge in [-0.25, -0.2) is 0 Å². The van der Waals surface area contributed by atoms with Crippen LogP contribution in [0, 0.1) is 0 Å². The molecule has 0 bridgehead atoms. The predicted octanol–water partition coefficient (Wildman–Crippen LogP) is 2.02. The van der Waals surface area contributed by atoms with Crippen LogP contribution in [0.1, 0.15) is 12.2 Å². The van der Waals surface area contributed by atoms with E-state index < -0.39 is 0 Å². The minimum atomic E-state index is 0.177. The molecule has 2 heterocycles. The molecule has 24 heavy (non-hydrogen) atoms. The maximum absolute atomic E-state index is 12.3. The van der Waals surface area contributed by atoms with Gasteiger partial charge in [0.15, 0.2) is 0 Å². The molecule has 1 aliphatic rings. The number of aliphatic hydroxyl groups excluding tert-OH is 1. The van der Waals surface area contributed by atoms with E-state index >= 15 is 0 Å². The summed E-state index contributed by atoms with van der Waals surface area (Å²) in [6.45, 7) is 4.03. The number of hydrogen-bond donors (Lipinski definition) is 1. The summed E-state index contributed by atoms with van der Waals surface area (Å²) in [6.07, 6.45) is 1.10. The van der Waals surface area contributed by atoms with E-state index in [4.69, 9.17) is 9.52 Å². The lowest BCUT2D eigenvalue weighted by molar-refractivity contribution is -0.133. The molecule has 1 fully saturated rings. The minimum Gasteiger partial charge on any atom is -0.461 e. The number of rotatable bonds is 6. The Labute approximate surface area is 142 Å². The summed E-state index contributed by atoms with van der Waals surface area (Å²) >= 11 is 0. The van der Waals surface area contributed by atoms with Crippen LogP contribution in [0.15, 0.2) is 46.9 Å². The van der Waals surface area contributed by atoms with Crippen molar-refractivity contribution in [3.05, 3.63) is 48.2 Å². The lowest BCUT2D eigenvalue weighted by Crippen LogP contribution is -2.49. The predicted molar refractivity (Wildman–Crippen MR) is 92.6 cm³/mol. The number of carbonyl (C=O) groups excluding carboxylic acids is 1. The van der Waals surface area contributed by atoms with Gasteiger partial charge in [-0.15, -0.1) is 0 Å². The minimum absolute atomic E-state index is 0.177. The Morgan fingerprint density at radius 3 is 2.50 bits per heavy atom. The first-order valence-electron chi connectivity index (χ1n) is 8.51. The first-order chi connectivity index (χ1) is 11.8. The van der Waals surface area contributed by atoms with Crippen LogP contribution in [0.25, 0.3) is 11.3 Å². The van der Waals surface area contributed by atoms with Gasteiger partial charge in [-0.3, -0.25) is 9.69 Å². The molecule has 5 nitrogen and oxygen atoms in total. The van der Waals surface area contributed by atoms with Gasteiger partial charge in [0, 0.05) is 51.1 Å². The zero-order chi connectivity index (χ0) is 16.8. The van der Waals surface area contributed by atoms with Crippen molar-refractivity contribution in [3.63, 3.8) is 0 Å². The van der Waals surface area contributed by atoms with E-state index in [9.17, 15) is 4.79 Å². The Kier molecular flexibility index (Phi) is 5.67. The van der Waals surface area contributed by atoms with Crippen molar-refractivity contribution in [3.8, 4) is 11.3 Å². The van der Waals surface area contributed by atoms with Crippen LogP contribution in [-0.2, 0) is 11.2 Å². The van der Waals surface area contributed by atoms with Gasteiger partial charge in [-0.05, 0) is 12.1 Å². The Balaban J connectivity index is 1.48. The van der Waals surface area contributed by atoms with Crippen molar-refractivity contribution in [1.82, 2.24) is 9.80 Å². The van der Waals surface area contributed by atoms with E-state index in [-0.39, 0.29) is 12.5 Å². The average Bonchev–Trinajstić information content (AvgIpc) is 3.10. The van der Waals surface area contributed by atoms with Gasteiger partial charge >= 0.3 is 0 Å². The second-order valence-electron chi connectivity index (χ2n) is 6.08. The molecule has 1 saturated heterocycles. The van der Waals surface area contributed by atoms with Crippen LogP contribution in [0.2, 0.25) is 0 Å². The lowest BCUT2D eigenvalue weighted by Gasteiger charge is -2.34. The standard InChI is InChI=1S/C19H24N2O3/c22-15-14-20-10-12-21(13-11-20)19(23)9-7-17-6-8-18(24-17)16-4-2-1-3-5-16/h1-6,8,22H,7,9-15H2. The Morgan fingerprint density at radius 1 is 1.04 bits per heavy atom. The van der Waals surface area contributed by atoms with Crippen LogP contribution in [-0.4, -0.2) is 60.1 Å². The number of carbonyl (C=O) groups is 1. The molecule has 128 valence electrons. The zero-order valence-electron chi connectivity index (χ0n) is 13.9. The largest absolute Gasteiger partial charge is 0.461 e. The molecule has 1 N–H and O–H groups in total. The number of β-amino-alcohol motifs (C(OH)–C–C–N with tert-alkyl or cyclic N) is 1. The third-order valence-electron chi connectivity index (χ3n) is 4.45. The van der Waals surface area contributed by atoms with E-state index in [2.05, 4.69) is 4.90 Å². The van der Waals surface area contributed by atoms with Crippen LogP contribution >= 0.6 is 0 Å². The first-order valence-corrected chi connectivity index (χ1v) is 8.51. The Hall–Kier alpha value is -2.11. The van der Waals surface area contributed by atoms with Gasteiger partial charge in [0.25, 0.3) is 0 Å². The third-order valence-corrected chi connectivity index (χ3v) is 4.45. The normalized spacial score (nSPS) is 15.6. The number of benzene rings is 1.